The number of piperidine rings is 1. The maximum absolute atomic E-state index is 11.6. The fraction of sp³-hybridized carbons (Fsp3) is 0.462. The van der Waals surface area contributed by atoms with E-state index < -0.39 is 12.1 Å². The number of nitrogens with zero attached hydrogens (tertiary/aromatic N) is 1. The summed E-state index contributed by atoms with van der Waals surface area (Å²) in [6.07, 6.45) is 1.91. The lowest BCUT2D eigenvalue weighted by Crippen LogP contribution is -2.41. The number of anilines is 1. The number of hydrogen-bond donors (Lipinski definition) is 3. The van der Waals surface area contributed by atoms with Crippen LogP contribution in [-0.2, 0) is 16.0 Å². The number of likely N-dealkylation sites (tertiary alicyclic amines) is 1. The van der Waals surface area contributed by atoms with Crippen molar-refractivity contribution in [2.24, 2.45) is 5.92 Å². The van der Waals surface area contributed by atoms with Crippen molar-refractivity contribution in [3.8, 4) is 11.5 Å². The average Bonchev–Trinajstić information content (AvgIpc) is 3.18. The summed E-state index contributed by atoms with van der Waals surface area (Å²) < 4.78 is 11.8. The van der Waals surface area contributed by atoms with Crippen molar-refractivity contribution in [3.05, 3.63) is 53.6 Å². The number of β-amino-alcohol motifs (C(OH)–C–C–N with tert-alkyl or cyclic N) is 1. The van der Waals surface area contributed by atoms with Crippen molar-refractivity contribution in [1.82, 2.24) is 4.90 Å². The van der Waals surface area contributed by atoms with E-state index in [-0.39, 0.29) is 12.5 Å². The summed E-state index contributed by atoms with van der Waals surface area (Å²) in [5.74, 6) is 1.31. The van der Waals surface area contributed by atoms with Crippen LogP contribution in [0.5, 0.6) is 11.5 Å². The number of aryl methyl sites for hydroxylation is 1. The highest BCUT2D eigenvalue weighted by Crippen LogP contribution is 2.31. The van der Waals surface area contributed by atoms with Crippen LogP contribution < -0.4 is 14.8 Å². The van der Waals surface area contributed by atoms with Gasteiger partial charge in [0.25, 0.3) is 5.97 Å². The van der Waals surface area contributed by atoms with Crippen molar-refractivity contribution >= 4 is 17.6 Å². The highest BCUT2D eigenvalue weighted by atomic mass is 16.5. The van der Waals surface area contributed by atoms with Gasteiger partial charge in [-0.05, 0) is 68.6 Å². The molecule has 8 nitrogen and oxygen atoms in total. The molecule has 1 saturated heterocycles. The first-order valence-electron chi connectivity index (χ1n) is 11.6. The Kier molecular flexibility index (Phi) is 9.30. The number of rotatable bonds is 8. The number of amides is 1. The normalized spacial score (nSPS) is 16.6. The van der Waals surface area contributed by atoms with E-state index in [1.54, 1.807) is 0 Å². The fourth-order valence-electron chi connectivity index (χ4n) is 4.15. The van der Waals surface area contributed by atoms with Gasteiger partial charge in [-0.1, -0.05) is 18.2 Å². The van der Waals surface area contributed by atoms with Gasteiger partial charge >= 0.3 is 0 Å². The van der Waals surface area contributed by atoms with E-state index in [2.05, 4.69) is 29.3 Å². The number of carbonyl (C=O) groups is 2. The number of carbonyl (C=O) groups excluding carboxylic acids is 1. The number of ether oxygens (including phenoxy) is 2. The second-order valence-corrected chi connectivity index (χ2v) is 8.86. The molecule has 2 aliphatic heterocycles. The van der Waals surface area contributed by atoms with Gasteiger partial charge in [-0.15, -0.1) is 0 Å². The molecule has 0 aliphatic carbocycles. The molecule has 2 aromatic rings. The molecule has 184 valence electrons. The Bertz CT molecular complexity index is 968. The first-order valence-corrected chi connectivity index (χ1v) is 11.6. The number of aliphatic hydroxyl groups excluding tert-OH is 1. The number of aliphatic hydroxyl groups is 1. The second-order valence-electron chi connectivity index (χ2n) is 8.86. The number of benzene rings is 2. The lowest BCUT2D eigenvalue weighted by molar-refractivity contribution is -0.134. The zero-order chi connectivity index (χ0) is 24.5. The first-order chi connectivity index (χ1) is 16.3. The molecule has 4 rings (SSSR count). The number of fused-ring (bicyclic) bond motifs is 1. The van der Waals surface area contributed by atoms with Gasteiger partial charge in [0, 0.05) is 24.7 Å². The molecular weight excluding hydrogens is 436 g/mol. The zero-order valence-electron chi connectivity index (χ0n) is 19.8. The van der Waals surface area contributed by atoms with Gasteiger partial charge in [0.15, 0.2) is 0 Å². The third-order valence-electron chi connectivity index (χ3n) is 5.83. The summed E-state index contributed by atoms with van der Waals surface area (Å²) in [4.78, 5) is 22.9. The maximum atomic E-state index is 11.6. The lowest BCUT2D eigenvalue weighted by Gasteiger charge is -2.33. The van der Waals surface area contributed by atoms with Gasteiger partial charge in [0.2, 0.25) is 5.91 Å². The summed E-state index contributed by atoms with van der Waals surface area (Å²) in [7, 11) is 0. The molecule has 2 heterocycles. The third-order valence-corrected chi connectivity index (χ3v) is 5.83. The molecule has 1 fully saturated rings. The quantitative estimate of drug-likeness (QED) is 0.544. The smallest absolute Gasteiger partial charge is 0.300 e. The maximum Gasteiger partial charge on any atom is 0.300 e. The second kappa shape index (κ2) is 12.4. The molecule has 1 amide bonds. The Hall–Kier alpha value is -3.10. The number of aliphatic carboxylic acids is 1. The van der Waals surface area contributed by atoms with Gasteiger partial charge in [-0.25, -0.2) is 0 Å². The molecule has 8 heteroatoms. The summed E-state index contributed by atoms with van der Waals surface area (Å²) >= 11 is 0. The molecule has 1 atom stereocenters. The van der Waals surface area contributed by atoms with Crippen LogP contribution in [0.3, 0.4) is 0 Å². The summed E-state index contributed by atoms with van der Waals surface area (Å²) in [5, 5.41) is 20.7. The third kappa shape index (κ3) is 8.04. The van der Waals surface area contributed by atoms with Crippen molar-refractivity contribution < 1.29 is 29.3 Å². The minimum atomic E-state index is -0.833. The van der Waals surface area contributed by atoms with Crippen LogP contribution in [0, 0.1) is 12.8 Å². The molecule has 0 spiro atoms. The molecule has 34 heavy (non-hydrogen) atoms. The standard InChI is InChI=1S/C24H30N2O4.C2H4O2/c1-17-4-2-5-20(12-17)29-15-18-8-10-26(11-9-18)14-19(27)16-30-23-7-3-6-22-21(23)13-24(28)25-22;1-2(3)4/h2-7,12,18-19,27H,8-11,13-16H2,1H3,(H,25,28);1H3,(H,3,4). The van der Waals surface area contributed by atoms with Crippen molar-refractivity contribution in [2.45, 2.75) is 39.2 Å². The molecule has 2 aliphatic rings. The van der Waals surface area contributed by atoms with E-state index >= 15 is 0 Å². The highest BCUT2D eigenvalue weighted by molar-refractivity contribution is 6.00. The highest BCUT2D eigenvalue weighted by Gasteiger charge is 2.24. The van der Waals surface area contributed by atoms with Gasteiger partial charge in [-0.3, -0.25) is 9.59 Å². The van der Waals surface area contributed by atoms with Crippen molar-refractivity contribution in [3.63, 3.8) is 0 Å². The Labute approximate surface area is 200 Å². The van der Waals surface area contributed by atoms with Crippen LogP contribution in [0.15, 0.2) is 42.5 Å². The van der Waals surface area contributed by atoms with E-state index in [1.807, 2.05) is 30.3 Å². The van der Waals surface area contributed by atoms with E-state index in [0.29, 0.717) is 24.6 Å². The van der Waals surface area contributed by atoms with Crippen molar-refractivity contribution in [2.75, 3.05) is 38.2 Å². The largest absolute Gasteiger partial charge is 0.493 e. The number of nitrogens with one attached hydrogen (secondary N) is 1. The van der Waals surface area contributed by atoms with Gasteiger partial charge in [0.05, 0.1) is 13.0 Å². The Morgan fingerprint density at radius 2 is 1.88 bits per heavy atom. The van der Waals surface area contributed by atoms with Gasteiger partial charge < -0.3 is 29.9 Å². The molecule has 3 N–H and O–H groups in total. The molecule has 1 unspecified atom stereocenters. The zero-order valence-corrected chi connectivity index (χ0v) is 19.8. The Morgan fingerprint density at radius 3 is 2.59 bits per heavy atom. The molecular formula is C26H34N2O6. The number of carboxylic acid groups (broad SMARTS) is 1. The number of carboxylic acids is 1. The molecule has 0 radical (unpaired) electrons. The van der Waals surface area contributed by atoms with Crippen LogP contribution in [-0.4, -0.2) is 65.9 Å². The van der Waals surface area contributed by atoms with Crippen LogP contribution in [0.25, 0.3) is 0 Å². The lowest BCUT2D eigenvalue weighted by atomic mass is 9.97. The summed E-state index contributed by atoms with van der Waals surface area (Å²) in [6, 6.07) is 13.8. The predicted molar refractivity (Wildman–Crippen MR) is 129 cm³/mol. The monoisotopic (exact) mass is 470 g/mol. The average molecular weight is 471 g/mol. The Morgan fingerprint density at radius 1 is 1.18 bits per heavy atom. The molecule has 0 aromatic heterocycles. The van der Waals surface area contributed by atoms with Crippen LogP contribution in [0.2, 0.25) is 0 Å². The molecule has 0 bridgehead atoms. The van der Waals surface area contributed by atoms with E-state index in [9.17, 15) is 9.90 Å². The van der Waals surface area contributed by atoms with E-state index in [0.717, 1.165) is 56.5 Å². The summed E-state index contributed by atoms with van der Waals surface area (Å²) in [5.41, 5.74) is 2.90. The first kappa shape index (κ1) is 25.5. The van der Waals surface area contributed by atoms with Crippen LogP contribution in [0.4, 0.5) is 5.69 Å². The van der Waals surface area contributed by atoms with Crippen LogP contribution >= 0.6 is 0 Å². The molecule has 0 saturated carbocycles. The predicted octanol–water partition coefficient (Wildman–Crippen LogP) is 3.11. The Balaban J connectivity index is 0.000000751. The fourth-order valence-corrected chi connectivity index (χ4v) is 4.15. The van der Waals surface area contributed by atoms with Crippen molar-refractivity contribution in [1.29, 1.82) is 0 Å². The minimum absolute atomic E-state index is 0.0177. The van der Waals surface area contributed by atoms with Gasteiger partial charge in [0.1, 0.15) is 24.2 Å². The van der Waals surface area contributed by atoms with E-state index in [1.165, 1.54) is 5.56 Å². The SMILES string of the molecule is CC(=O)O.Cc1cccc(OCC2CCN(CC(O)COc3cccc4c3CC(=O)N4)CC2)c1. The molecule has 2 aromatic carbocycles. The number of hydrogen-bond acceptors (Lipinski definition) is 6. The topological polar surface area (TPSA) is 108 Å². The van der Waals surface area contributed by atoms with Crippen LogP contribution in [0.1, 0.15) is 30.9 Å². The minimum Gasteiger partial charge on any atom is -0.493 e. The van der Waals surface area contributed by atoms with E-state index in [4.69, 9.17) is 19.4 Å². The van der Waals surface area contributed by atoms with Gasteiger partial charge in [-0.2, -0.15) is 0 Å². The summed E-state index contributed by atoms with van der Waals surface area (Å²) in [6.45, 7) is 6.63.